The monoisotopic (exact) mass is 547 g/mol. The van der Waals surface area contributed by atoms with Gasteiger partial charge in [0.2, 0.25) is 0 Å². The Kier molecular flexibility index (Phi) is 9.24. The molecule has 1 heterocycles. The standard InChI is InChI=1S/C35H33NO5/c1-2-21-36(23-26-13-6-3-7-14-26)24-29(40-35(38)28-17-10-5-11-18-28)25-39-32-20-12-19-30-31(37)22-33(41-34(30)32)27-15-8-4-9-16-27/h3-20,22,29H,2,21,23-25H2,1H3. The predicted molar refractivity (Wildman–Crippen MR) is 161 cm³/mol. The van der Waals surface area contributed by atoms with Gasteiger partial charge in [-0.3, -0.25) is 9.69 Å². The van der Waals surface area contributed by atoms with Gasteiger partial charge in [-0.05, 0) is 42.8 Å². The highest BCUT2D eigenvalue weighted by atomic mass is 16.6. The summed E-state index contributed by atoms with van der Waals surface area (Å²) in [5.41, 5.74) is 2.67. The number of esters is 1. The van der Waals surface area contributed by atoms with Crippen LogP contribution < -0.4 is 10.2 Å². The molecule has 0 fully saturated rings. The summed E-state index contributed by atoms with van der Waals surface area (Å²) in [6.07, 6.45) is 0.376. The Labute approximate surface area is 239 Å². The summed E-state index contributed by atoms with van der Waals surface area (Å²) in [6, 6.07) is 35.4. The average Bonchev–Trinajstić information content (AvgIpc) is 3.01. The van der Waals surface area contributed by atoms with E-state index < -0.39 is 12.1 Å². The number of benzene rings is 4. The quantitative estimate of drug-likeness (QED) is 0.157. The summed E-state index contributed by atoms with van der Waals surface area (Å²) in [5.74, 6) is 0.470. The van der Waals surface area contributed by atoms with Crippen LogP contribution in [0.25, 0.3) is 22.3 Å². The van der Waals surface area contributed by atoms with Gasteiger partial charge < -0.3 is 13.9 Å². The minimum absolute atomic E-state index is 0.0893. The number of fused-ring (bicyclic) bond motifs is 1. The van der Waals surface area contributed by atoms with Crippen LogP contribution in [-0.2, 0) is 11.3 Å². The smallest absolute Gasteiger partial charge is 0.338 e. The molecule has 5 aromatic rings. The molecule has 0 N–H and O–H groups in total. The van der Waals surface area contributed by atoms with Gasteiger partial charge in [0.25, 0.3) is 0 Å². The molecule has 6 nitrogen and oxygen atoms in total. The lowest BCUT2D eigenvalue weighted by atomic mass is 10.1. The van der Waals surface area contributed by atoms with E-state index in [4.69, 9.17) is 13.9 Å². The lowest BCUT2D eigenvalue weighted by Gasteiger charge is -2.27. The van der Waals surface area contributed by atoms with Crippen molar-refractivity contribution in [2.45, 2.75) is 26.0 Å². The van der Waals surface area contributed by atoms with E-state index >= 15 is 0 Å². The van der Waals surface area contributed by atoms with Gasteiger partial charge in [0.1, 0.15) is 18.5 Å². The number of ether oxygens (including phenoxy) is 2. The van der Waals surface area contributed by atoms with Crippen molar-refractivity contribution in [2.75, 3.05) is 19.7 Å². The van der Waals surface area contributed by atoms with E-state index in [1.165, 1.54) is 11.6 Å². The zero-order valence-electron chi connectivity index (χ0n) is 23.1. The lowest BCUT2D eigenvalue weighted by molar-refractivity contribution is 0.00499. The summed E-state index contributed by atoms with van der Waals surface area (Å²) in [6.45, 7) is 4.24. The summed E-state index contributed by atoms with van der Waals surface area (Å²) in [4.78, 5) is 28.3. The van der Waals surface area contributed by atoms with Gasteiger partial charge in [0.15, 0.2) is 16.8 Å². The summed E-state index contributed by atoms with van der Waals surface area (Å²) < 4.78 is 18.5. The molecule has 0 aliphatic carbocycles. The van der Waals surface area contributed by atoms with Crippen LogP contribution in [0.3, 0.4) is 0 Å². The molecular weight excluding hydrogens is 514 g/mol. The summed E-state index contributed by atoms with van der Waals surface area (Å²) in [7, 11) is 0. The first-order valence-electron chi connectivity index (χ1n) is 13.9. The Morgan fingerprint density at radius 3 is 2.24 bits per heavy atom. The number of carbonyl (C=O) groups is 1. The molecule has 1 unspecified atom stereocenters. The Hall–Kier alpha value is -4.68. The summed E-state index contributed by atoms with van der Waals surface area (Å²) in [5, 5.41) is 0.427. The first-order valence-corrected chi connectivity index (χ1v) is 13.9. The molecule has 0 bridgehead atoms. The number of hydrogen-bond donors (Lipinski definition) is 0. The maximum atomic E-state index is 13.1. The third kappa shape index (κ3) is 7.29. The van der Waals surface area contributed by atoms with Crippen LogP contribution in [0.2, 0.25) is 0 Å². The second kappa shape index (κ2) is 13.6. The molecule has 0 saturated heterocycles. The van der Waals surface area contributed by atoms with Crippen molar-refractivity contribution in [3.63, 3.8) is 0 Å². The second-order valence-corrected chi connectivity index (χ2v) is 9.90. The minimum Gasteiger partial charge on any atom is -0.486 e. The van der Waals surface area contributed by atoms with Crippen molar-refractivity contribution in [1.82, 2.24) is 4.90 Å². The average molecular weight is 548 g/mol. The largest absolute Gasteiger partial charge is 0.486 e. The van der Waals surface area contributed by atoms with Crippen molar-refractivity contribution < 1.29 is 18.7 Å². The van der Waals surface area contributed by atoms with Crippen LogP contribution in [0.15, 0.2) is 124 Å². The molecule has 0 aliphatic rings. The fourth-order valence-corrected chi connectivity index (χ4v) is 4.79. The van der Waals surface area contributed by atoms with E-state index in [-0.39, 0.29) is 12.0 Å². The van der Waals surface area contributed by atoms with Crippen molar-refractivity contribution in [3.8, 4) is 17.1 Å². The molecule has 1 aromatic heterocycles. The van der Waals surface area contributed by atoms with Crippen molar-refractivity contribution >= 4 is 16.9 Å². The third-order valence-electron chi connectivity index (χ3n) is 6.74. The Morgan fingerprint density at radius 2 is 1.54 bits per heavy atom. The molecule has 0 aliphatic heterocycles. The number of para-hydroxylation sites is 1. The van der Waals surface area contributed by atoms with E-state index in [1.54, 1.807) is 30.3 Å². The lowest BCUT2D eigenvalue weighted by Crippen LogP contribution is -2.38. The van der Waals surface area contributed by atoms with Crippen molar-refractivity contribution in [1.29, 1.82) is 0 Å². The molecule has 1 atom stereocenters. The first-order chi connectivity index (χ1) is 20.1. The van der Waals surface area contributed by atoms with Gasteiger partial charge >= 0.3 is 5.97 Å². The molecular formula is C35H33NO5. The van der Waals surface area contributed by atoms with Gasteiger partial charge in [-0.2, -0.15) is 0 Å². The van der Waals surface area contributed by atoms with Gasteiger partial charge in [-0.25, -0.2) is 4.79 Å². The van der Waals surface area contributed by atoms with E-state index in [1.807, 2.05) is 66.7 Å². The van der Waals surface area contributed by atoms with E-state index in [2.05, 4.69) is 24.0 Å². The van der Waals surface area contributed by atoms with E-state index in [9.17, 15) is 9.59 Å². The highest BCUT2D eigenvalue weighted by Crippen LogP contribution is 2.29. The van der Waals surface area contributed by atoms with E-state index in [0.717, 1.165) is 25.1 Å². The summed E-state index contributed by atoms with van der Waals surface area (Å²) >= 11 is 0. The molecule has 208 valence electrons. The maximum absolute atomic E-state index is 13.1. The molecule has 4 aromatic carbocycles. The maximum Gasteiger partial charge on any atom is 0.338 e. The van der Waals surface area contributed by atoms with Crippen LogP contribution in [0.5, 0.6) is 5.75 Å². The number of nitrogens with zero attached hydrogens (tertiary/aromatic N) is 1. The van der Waals surface area contributed by atoms with Gasteiger partial charge in [0.05, 0.1) is 10.9 Å². The molecule has 0 saturated carbocycles. The Balaban J connectivity index is 1.41. The van der Waals surface area contributed by atoms with E-state index in [0.29, 0.717) is 34.6 Å². The Bertz CT molecular complexity index is 1620. The zero-order valence-corrected chi connectivity index (χ0v) is 23.1. The molecule has 5 rings (SSSR count). The van der Waals surface area contributed by atoms with Crippen LogP contribution >= 0.6 is 0 Å². The zero-order chi connectivity index (χ0) is 28.4. The van der Waals surface area contributed by atoms with Gasteiger partial charge in [-0.15, -0.1) is 0 Å². The Morgan fingerprint density at radius 1 is 0.854 bits per heavy atom. The fourth-order valence-electron chi connectivity index (χ4n) is 4.79. The molecule has 0 spiro atoms. The third-order valence-corrected chi connectivity index (χ3v) is 6.74. The SMILES string of the molecule is CCCN(Cc1ccccc1)CC(COc1cccc2c(=O)cc(-c3ccccc3)oc12)OC(=O)c1ccccc1. The number of hydrogen-bond acceptors (Lipinski definition) is 6. The predicted octanol–water partition coefficient (Wildman–Crippen LogP) is 6.98. The second-order valence-electron chi connectivity index (χ2n) is 9.90. The van der Waals surface area contributed by atoms with Crippen LogP contribution in [0, 0.1) is 0 Å². The van der Waals surface area contributed by atoms with Crippen LogP contribution in [-0.4, -0.2) is 36.7 Å². The van der Waals surface area contributed by atoms with Gasteiger partial charge in [0, 0.05) is 24.7 Å². The van der Waals surface area contributed by atoms with Crippen molar-refractivity contribution in [2.24, 2.45) is 0 Å². The molecule has 6 heteroatoms. The topological polar surface area (TPSA) is 69.0 Å². The fraction of sp³-hybridized carbons (Fsp3) is 0.200. The normalized spacial score (nSPS) is 11.9. The number of rotatable bonds is 12. The van der Waals surface area contributed by atoms with Crippen LogP contribution in [0.4, 0.5) is 0 Å². The number of carbonyl (C=O) groups excluding carboxylic acids is 1. The van der Waals surface area contributed by atoms with Gasteiger partial charge in [-0.1, -0.05) is 91.9 Å². The molecule has 0 radical (unpaired) electrons. The minimum atomic E-state index is -0.572. The highest BCUT2D eigenvalue weighted by molar-refractivity contribution is 5.89. The first kappa shape index (κ1) is 27.9. The highest BCUT2D eigenvalue weighted by Gasteiger charge is 2.22. The molecule has 0 amide bonds. The van der Waals surface area contributed by atoms with Crippen LogP contribution in [0.1, 0.15) is 29.3 Å². The van der Waals surface area contributed by atoms with Crippen molar-refractivity contribution in [3.05, 3.63) is 137 Å². The molecule has 41 heavy (non-hydrogen) atoms.